The van der Waals surface area contributed by atoms with Crippen LogP contribution in [0.15, 0.2) is 0 Å². The molecule has 0 aliphatic heterocycles. The second-order valence-corrected chi connectivity index (χ2v) is 7.59. The fourth-order valence-corrected chi connectivity index (χ4v) is 3.26. The molecule has 0 saturated carbocycles. The molecular formula is C18H38INO. The Morgan fingerprint density at radius 3 is 1.38 bits per heavy atom. The normalized spacial score (nSPS) is 11.4. The summed E-state index contributed by atoms with van der Waals surface area (Å²) in [6.07, 6.45) is 19.8. The number of aliphatic hydroxyl groups excluding tert-OH is 1. The van der Waals surface area contributed by atoms with Gasteiger partial charge < -0.3 is 5.11 Å². The maximum Gasteiger partial charge on any atom is 0.0566 e. The van der Waals surface area contributed by atoms with Crippen LogP contribution in [-0.2, 0) is 0 Å². The molecule has 128 valence electrons. The molecule has 0 fully saturated rings. The number of hydrogen-bond donors (Lipinski definition) is 1. The Balaban J connectivity index is 2.99. The lowest BCUT2D eigenvalue weighted by Gasteiger charge is -2.11. The van der Waals surface area contributed by atoms with Crippen LogP contribution >= 0.6 is 22.9 Å². The molecule has 0 aromatic carbocycles. The maximum atomic E-state index is 8.81. The number of rotatable bonds is 17. The molecule has 0 heterocycles. The van der Waals surface area contributed by atoms with Gasteiger partial charge in [0, 0.05) is 36.0 Å². The van der Waals surface area contributed by atoms with Gasteiger partial charge in [0.2, 0.25) is 0 Å². The highest BCUT2D eigenvalue weighted by atomic mass is 127. The van der Waals surface area contributed by atoms with Crippen LogP contribution < -0.4 is 0 Å². The molecule has 0 unspecified atom stereocenters. The molecule has 0 bridgehead atoms. The SMILES string of the molecule is CCCCCCCCCCCCCCCCN(I)CCO. The summed E-state index contributed by atoms with van der Waals surface area (Å²) < 4.78 is 2.19. The number of nitrogens with zero attached hydrogens (tertiary/aromatic N) is 1. The van der Waals surface area contributed by atoms with Crippen LogP contribution in [0.4, 0.5) is 0 Å². The van der Waals surface area contributed by atoms with Crippen LogP contribution in [-0.4, -0.2) is 27.9 Å². The molecule has 0 rings (SSSR count). The van der Waals surface area contributed by atoms with E-state index in [1.54, 1.807) is 0 Å². The second-order valence-electron chi connectivity index (χ2n) is 6.23. The Morgan fingerprint density at radius 1 is 0.619 bits per heavy atom. The summed E-state index contributed by atoms with van der Waals surface area (Å²) in [6.45, 7) is 4.49. The van der Waals surface area contributed by atoms with Crippen molar-refractivity contribution < 1.29 is 5.11 Å². The van der Waals surface area contributed by atoms with Crippen molar-refractivity contribution >= 4 is 22.9 Å². The van der Waals surface area contributed by atoms with E-state index in [4.69, 9.17) is 5.11 Å². The molecule has 0 aromatic heterocycles. The van der Waals surface area contributed by atoms with E-state index in [2.05, 4.69) is 32.9 Å². The molecule has 0 amide bonds. The lowest BCUT2D eigenvalue weighted by Crippen LogP contribution is -2.16. The van der Waals surface area contributed by atoms with E-state index >= 15 is 0 Å². The van der Waals surface area contributed by atoms with Gasteiger partial charge in [0.25, 0.3) is 0 Å². The highest BCUT2D eigenvalue weighted by molar-refractivity contribution is 14.1. The van der Waals surface area contributed by atoms with Gasteiger partial charge in [-0.15, -0.1) is 0 Å². The summed E-state index contributed by atoms with van der Waals surface area (Å²) >= 11 is 2.31. The maximum absolute atomic E-state index is 8.81. The second kappa shape index (κ2) is 18.7. The van der Waals surface area contributed by atoms with Crippen molar-refractivity contribution in [3.05, 3.63) is 0 Å². The fourth-order valence-electron chi connectivity index (χ4n) is 2.70. The average Bonchev–Trinajstić information content (AvgIpc) is 2.48. The molecule has 2 nitrogen and oxygen atoms in total. The summed E-state index contributed by atoms with van der Waals surface area (Å²) in [4.78, 5) is 0. The zero-order valence-electron chi connectivity index (χ0n) is 14.3. The molecule has 0 spiro atoms. The van der Waals surface area contributed by atoms with Gasteiger partial charge >= 0.3 is 0 Å². The quantitative estimate of drug-likeness (QED) is 0.177. The van der Waals surface area contributed by atoms with E-state index in [0.29, 0.717) is 0 Å². The van der Waals surface area contributed by atoms with Crippen LogP contribution in [0.3, 0.4) is 0 Å². The number of aliphatic hydroxyl groups is 1. The minimum Gasteiger partial charge on any atom is -0.395 e. The molecular weight excluding hydrogens is 373 g/mol. The van der Waals surface area contributed by atoms with Gasteiger partial charge in [-0.25, -0.2) is 3.11 Å². The molecule has 21 heavy (non-hydrogen) atoms. The standard InChI is InChI=1S/C18H38INO/c1-2-3-4-5-6-7-8-9-10-11-12-13-14-15-16-20(19)17-18-21/h21H,2-18H2,1H3. The van der Waals surface area contributed by atoms with Gasteiger partial charge in [0.15, 0.2) is 0 Å². The van der Waals surface area contributed by atoms with Crippen LogP contribution in [0.1, 0.15) is 96.8 Å². The molecule has 0 radical (unpaired) electrons. The lowest BCUT2D eigenvalue weighted by atomic mass is 10.0. The molecule has 0 aliphatic carbocycles. The van der Waals surface area contributed by atoms with Crippen molar-refractivity contribution in [3.63, 3.8) is 0 Å². The van der Waals surface area contributed by atoms with E-state index < -0.39 is 0 Å². The zero-order chi connectivity index (χ0) is 15.6. The molecule has 3 heteroatoms. The molecule has 0 atom stereocenters. The highest BCUT2D eigenvalue weighted by Crippen LogP contribution is 2.13. The first-order valence-electron chi connectivity index (χ1n) is 9.32. The topological polar surface area (TPSA) is 23.5 Å². The Kier molecular flexibility index (Phi) is 19.3. The van der Waals surface area contributed by atoms with Gasteiger partial charge in [-0.2, -0.15) is 0 Å². The lowest BCUT2D eigenvalue weighted by molar-refractivity contribution is 0.267. The first kappa shape index (κ1) is 21.6. The average molecular weight is 411 g/mol. The number of halogens is 1. The molecule has 0 aliphatic rings. The monoisotopic (exact) mass is 411 g/mol. The third kappa shape index (κ3) is 18.6. The van der Waals surface area contributed by atoms with Gasteiger partial charge in [-0.05, 0) is 6.42 Å². The Hall–Kier alpha value is 0.650. The van der Waals surface area contributed by atoms with Crippen LogP contribution in [0.2, 0.25) is 0 Å². The van der Waals surface area contributed by atoms with Crippen molar-refractivity contribution in [2.75, 3.05) is 19.7 Å². The molecule has 0 aromatic rings. The molecule has 1 N–H and O–H groups in total. The Morgan fingerprint density at radius 2 is 1.00 bits per heavy atom. The van der Waals surface area contributed by atoms with Gasteiger partial charge in [-0.1, -0.05) is 90.4 Å². The zero-order valence-corrected chi connectivity index (χ0v) is 16.5. The van der Waals surface area contributed by atoms with E-state index in [0.717, 1.165) is 13.1 Å². The first-order chi connectivity index (χ1) is 10.3. The Bertz CT molecular complexity index is 190. The predicted molar refractivity (Wildman–Crippen MR) is 103 cm³/mol. The number of hydrogen-bond acceptors (Lipinski definition) is 2. The van der Waals surface area contributed by atoms with E-state index in [-0.39, 0.29) is 6.61 Å². The van der Waals surface area contributed by atoms with Gasteiger partial charge in [0.1, 0.15) is 0 Å². The Labute approximate surface area is 147 Å². The van der Waals surface area contributed by atoms with E-state index in [1.165, 1.54) is 89.9 Å². The predicted octanol–water partition coefficient (Wildman–Crippen LogP) is 6.11. The number of unbranched alkanes of at least 4 members (excludes halogenated alkanes) is 13. The summed E-state index contributed by atoms with van der Waals surface area (Å²) in [5.41, 5.74) is 0. The van der Waals surface area contributed by atoms with Crippen molar-refractivity contribution in [2.45, 2.75) is 96.8 Å². The smallest absolute Gasteiger partial charge is 0.0566 e. The summed E-state index contributed by atoms with van der Waals surface area (Å²) in [5.74, 6) is 0. The van der Waals surface area contributed by atoms with Crippen LogP contribution in [0.25, 0.3) is 0 Å². The fraction of sp³-hybridized carbons (Fsp3) is 1.00. The third-order valence-electron chi connectivity index (χ3n) is 4.10. The minimum absolute atomic E-state index is 0.279. The third-order valence-corrected chi connectivity index (χ3v) is 5.06. The van der Waals surface area contributed by atoms with Gasteiger partial charge in [0.05, 0.1) is 6.61 Å². The first-order valence-corrected chi connectivity index (χ1v) is 10.3. The van der Waals surface area contributed by atoms with E-state index in [1.807, 2.05) is 0 Å². The van der Waals surface area contributed by atoms with Crippen LogP contribution in [0.5, 0.6) is 0 Å². The molecule has 0 saturated heterocycles. The van der Waals surface area contributed by atoms with Crippen molar-refractivity contribution in [2.24, 2.45) is 0 Å². The largest absolute Gasteiger partial charge is 0.395 e. The van der Waals surface area contributed by atoms with Crippen molar-refractivity contribution in [1.29, 1.82) is 0 Å². The van der Waals surface area contributed by atoms with Crippen molar-refractivity contribution in [3.8, 4) is 0 Å². The van der Waals surface area contributed by atoms with Gasteiger partial charge in [-0.3, -0.25) is 0 Å². The summed E-state index contributed by atoms with van der Waals surface area (Å²) in [6, 6.07) is 0. The van der Waals surface area contributed by atoms with Crippen LogP contribution in [0, 0.1) is 0 Å². The minimum atomic E-state index is 0.279. The van der Waals surface area contributed by atoms with Crippen molar-refractivity contribution in [1.82, 2.24) is 3.11 Å². The highest BCUT2D eigenvalue weighted by Gasteiger charge is 1.98. The summed E-state index contributed by atoms with van der Waals surface area (Å²) in [5, 5.41) is 8.81. The van der Waals surface area contributed by atoms with E-state index in [9.17, 15) is 0 Å². The summed E-state index contributed by atoms with van der Waals surface area (Å²) in [7, 11) is 0.